The Morgan fingerprint density at radius 2 is 1.73 bits per heavy atom. The first-order chi connectivity index (χ1) is 14.2. The van der Waals surface area contributed by atoms with E-state index in [1.54, 1.807) is 24.3 Å². The number of benzene rings is 2. The number of aryl methyl sites for hydroxylation is 1. The number of hydrogen-bond donors (Lipinski definition) is 2. The van der Waals surface area contributed by atoms with Crippen molar-refractivity contribution in [3.63, 3.8) is 0 Å². The van der Waals surface area contributed by atoms with E-state index in [4.69, 9.17) is 12.2 Å². The van der Waals surface area contributed by atoms with Crippen molar-refractivity contribution < 1.29 is 13.2 Å². The number of carbonyl (C=O) groups is 1. The van der Waals surface area contributed by atoms with E-state index in [1.807, 2.05) is 13.0 Å². The second-order valence-electron chi connectivity index (χ2n) is 6.30. The van der Waals surface area contributed by atoms with Crippen LogP contribution in [0.25, 0.3) is 0 Å². The number of halogens is 1. The zero-order valence-electron chi connectivity index (χ0n) is 16.4. The number of thiocarbonyl (C=S) groups is 1. The van der Waals surface area contributed by atoms with Gasteiger partial charge in [-0.25, -0.2) is 8.42 Å². The molecule has 2 aromatic rings. The molecule has 0 aromatic heterocycles. The van der Waals surface area contributed by atoms with Crippen LogP contribution in [-0.4, -0.2) is 36.8 Å². The molecule has 0 saturated heterocycles. The Bertz CT molecular complexity index is 1060. The average Bonchev–Trinajstić information content (AvgIpc) is 2.70. The number of rotatable bonds is 8. The fourth-order valence-corrected chi connectivity index (χ4v) is 4.60. The van der Waals surface area contributed by atoms with E-state index in [-0.39, 0.29) is 29.0 Å². The van der Waals surface area contributed by atoms with Gasteiger partial charge in [-0.05, 0) is 83.7 Å². The molecule has 0 fully saturated rings. The largest absolute Gasteiger partial charge is 0.332 e. The molecule has 0 aliphatic heterocycles. The number of nitrogens with zero attached hydrogens (tertiary/aromatic N) is 1. The third kappa shape index (κ3) is 6.21. The lowest BCUT2D eigenvalue weighted by molar-refractivity contribution is 0.0977. The Labute approximate surface area is 196 Å². The first-order valence-corrected chi connectivity index (χ1v) is 11.8. The summed E-state index contributed by atoms with van der Waals surface area (Å²) in [4.78, 5) is 12.5. The van der Waals surface area contributed by atoms with Crippen LogP contribution in [0.1, 0.15) is 15.9 Å². The standard InChI is InChI=1S/C21H22IN3O3S2/c1-4-12-25(13-5-2)30(27,28)18-10-8-17(9-11-18)23-21(29)24-20(26)16-7-6-15(3)19(22)14-16/h4-11,14H,1-2,12-13H2,3H3,(H2,23,24,26,29). The smallest absolute Gasteiger partial charge is 0.257 e. The lowest BCUT2D eigenvalue weighted by Gasteiger charge is -2.19. The van der Waals surface area contributed by atoms with Gasteiger partial charge in [0.2, 0.25) is 10.0 Å². The lowest BCUT2D eigenvalue weighted by atomic mass is 10.1. The Morgan fingerprint density at radius 3 is 2.27 bits per heavy atom. The topological polar surface area (TPSA) is 78.5 Å². The predicted octanol–water partition coefficient (Wildman–Crippen LogP) is 4.09. The monoisotopic (exact) mass is 555 g/mol. The predicted molar refractivity (Wildman–Crippen MR) is 133 cm³/mol. The van der Waals surface area contributed by atoms with E-state index in [0.29, 0.717) is 11.3 Å². The van der Waals surface area contributed by atoms with Crippen molar-refractivity contribution in [2.45, 2.75) is 11.8 Å². The number of hydrogen-bond acceptors (Lipinski definition) is 4. The number of carbonyl (C=O) groups excluding carboxylic acids is 1. The summed E-state index contributed by atoms with van der Waals surface area (Å²) in [5.41, 5.74) is 2.14. The second kappa shape index (κ2) is 10.8. The molecule has 2 N–H and O–H groups in total. The van der Waals surface area contributed by atoms with Crippen molar-refractivity contribution in [3.05, 3.63) is 82.5 Å². The van der Waals surface area contributed by atoms with Crippen LogP contribution >= 0.6 is 34.8 Å². The van der Waals surface area contributed by atoms with Gasteiger partial charge >= 0.3 is 0 Å². The minimum atomic E-state index is -3.67. The summed E-state index contributed by atoms with van der Waals surface area (Å²) < 4.78 is 27.7. The van der Waals surface area contributed by atoms with Gasteiger partial charge in [-0.1, -0.05) is 18.2 Å². The van der Waals surface area contributed by atoms with Crippen LogP contribution in [0.4, 0.5) is 5.69 Å². The molecule has 9 heteroatoms. The summed E-state index contributed by atoms with van der Waals surface area (Å²) in [7, 11) is -3.67. The van der Waals surface area contributed by atoms with Crippen molar-refractivity contribution in [2.24, 2.45) is 0 Å². The molecule has 0 saturated carbocycles. The van der Waals surface area contributed by atoms with E-state index >= 15 is 0 Å². The van der Waals surface area contributed by atoms with Crippen LogP contribution in [-0.2, 0) is 10.0 Å². The molecule has 158 valence electrons. The summed E-state index contributed by atoms with van der Waals surface area (Å²) in [6.45, 7) is 9.51. The number of sulfonamides is 1. The molecular formula is C21H22IN3O3S2. The van der Waals surface area contributed by atoms with Gasteiger partial charge in [-0.3, -0.25) is 10.1 Å². The highest BCUT2D eigenvalue weighted by Gasteiger charge is 2.22. The highest BCUT2D eigenvalue weighted by atomic mass is 127. The molecule has 0 spiro atoms. The highest BCUT2D eigenvalue weighted by Crippen LogP contribution is 2.19. The number of nitrogens with one attached hydrogen (secondary N) is 2. The summed E-state index contributed by atoms with van der Waals surface area (Å²) in [6, 6.07) is 11.5. The van der Waals surface area contributed by atoms with Crippen LogP contribution in [0.2, 0.25) is 0 Å². The first-order valence-electron chi connectivity index (χ1n) is 8.89. The minimum absolute atomic E-state index is 0.117. The maximum absolute atomic E-state index is 12.7. The molecule has 0 unspecified atom stereocenters. The Hall–Kier alpha value is -2.08. The average molecular weight is 555 g/mol. The van der Waals surface area contributed by atoms with Crippen LogP contribution in [0, 0.1) is 10.5 Å². The molecule has 0 aliphatic carbocycles. The molecule has 0 radical (unpaired) electrons. The third-order valence-electron chi connectivity index (χ3n) is 4.08. The van der Waals surface area contributed by atoms with Gasteiger partial charge in [0.25, 0.3) is 5.91 Å². The third-order valence-corrected chi connectivity index (χ3v) is 7.29. The fraction of sp³-hybridized carbons (Fsp3) is 0.143. The normalized spacial score (nSPS) is 11.0. The molecule has 0 bridgehead atoms. The summed E-state index contributed by atoms with van der Waals surface area (Å²) >= 11 is 7.36. The summed E-state index contributed by atoms with van der Waals surface area (Å²) in [5, 5.41) is 5.62. The molecule has 0 atom stereocenters. The summed E-state index contributed by atoms with van der Waals surface area (Å²) in [6.07, 6.45) is 3.04. The molecule has 1 amide bonds. The molecular weight excluding hydrogens is 533 g/mol. The van der Waals surface area contributed by atoms with Gasteiger partial charge in [0.15, 0.2) is 5.11 Å². The highest BCUT2D eigenvalue weighted by molar-refractivity contribution is 14.1. The number of anilines is 1. The summed E-state index contributed by atoms with van der Waals surface area (Å²) in [5.74, 6) is -0.325. The van der Waals surface area contributed by atoms with Crippen molar-refractivity contribution >= 4 is 61.5 Å². The maximum atomic E-state index is 12.7. The van der Waals surface area contributed by atoms with E-state index in [1.165, 1.54) is 28.6 Å². The first kappa shape index (κ1) is 24.2. The minimum Gasteiger partial charge on any atom is -0.332 e. The van der Waals surface area contributed by atoms with Crippen LogP contribution in [0.15, 0.2) is 72.7 Å². The fourth-order valence-electron chi connectivity index (χ4n) is 2.49. The van der Waals surface area contributed by atoms with Gasteiger partial charge in [0, 0.05) is 27.9 Å². The van der Waals surface area contributed by atoms with E-state index in [0.717, 1.165) is 9.13 Å². The molecule has 6 nitrogen and oxygen atoms in total. The van der Waals surface area contributed by atoms with Crippen LogP contribution < -0.4 is 10.6 Å². The van der Waals surface area contributed by atoms with Crippen molar-refractivity contribution in [1.82, 2.24) is 9.62 Å². The molecule has 0 aliphatic rings. The van der Waals surface area contributed by atoms with Gasteiger partial charge in [-0.2, -0.15) is 4.31 Å². The molecule has 30 heavy (non-hydrogen) atoms. The molecule has 2 rings (SSSR count). The maximum Gasteiger partial charge on any atom is 0.257 e. The van der Waals surface area contributed by atoms with Crippen LogP contribution in [0.3, 0.4) is 0 Å². The number of amides is 1. The Balaban J connectivity index is 2.06. The van der Waals surface area contributed by atoms with Crippen molar-refractivity contribution in [3.8, 4) is 0 Å². The van der Waals surface area contributed by atoms with E-state index in [2.05, 4.69) is 46.4 Å². The van der Waals surface area contributed by atoms with Crippen molar-refractivity contribution in [2.75, 3.05) is 18.4 Å². The van der Waals surface area contributed by atoms with E-state index < -0.39 is 10.0 Å². The second-order valence-corrected chi connectivity index (χ2v) is 9.80. The quantitative estimate of drug-likeness (QED) is 0.292. The Kier molecular flexibility index (Phi) is 8.71. The van der Waals surface area contributed by atoms with Crippen molar-refractivity contribution in [1.29, 1.82) is 0 Å². The SMILES string of the molecule is C=CCN(CC=C)S(=O)(=O)c1ccc(NC(=S)NC(=O)c2ccc(C)c(I)c2)cc1. The zero-order chi connectivity index (χ0) is 22.3. The van der Waals surface area contributed by atoms with Gasteiger partial charge in [-0.15, -0.1) is 13.2 Å². The van der Waals surface area contributed by atoms with E-state index in [9.17, 15) is 13.2 Å². The Morgan fingerprint density at radius 1 is 1.13 bits per heavy atom. The molecule has 2 aromatic carbocycles. The van der Waals surface area contributed by atoms with Gasteiger partial charge in [0.05, 0.1) is 4.90 Å². The zero-order valence-corrected chi connectivity index (χ0v) is 20.2. The molecule has 0 heterocycles. The lowest BCUT2D eigenvalue weighted by Crippen LogP contribution is -2.34. The van der Waals surface area contributed by atoms with Gasteiger partial charge < -0.3 is 5.32 Å². The van der Waals surface area contributed by atoms with Gasteiger partial charge in [0.1, 0.15) is 0 Å². The van der Waals surface area contributed by atoms with Crippen LogP contribution in [0.5, 0.6) is 0 Å².